The number of hydrogen-bond donors (Lipinski definition) is 2. The van der Waals surface area contributed by atoms with Gasteiger partial charge in [-0.05, 0) is 24.6 Å². The third kappa shape index (κ3) is 3.14. The summed E-state index contributed by atoms with van der Waals surface area (Å²) in [5, 5.41) is 4.04. The molecule has 0 atom stereocenters. The van der Waals surface area contributed by atoms with Gasteiger partial charge in [0.2, 0.25) is 10.0 Å². The molecule has 3 N–H and O–H groups in total. The van der Waals surface area contributed by atoms with Crippen molar-refractivity contribution in [2.24, 2.45) is 0 Å². The number of benzene rings is 1. The number of anilines is 1. The highest BCUT2D eigenvalue weighted by Crippen LogP contribution is 2.20. The first-order chi connectivity index (χ1) is 9.40. The van der Waals surface area contributed by atoms with E-state index in [9.17, 15) is 12.8 Å². The number of nitrogen functional groups attached to an aromatic ring is 1. The Bertz CT molecular complexity index is 712. The molecular formula is C12H15FN4O2S. The van der Waals surface area contributed by atoms with Crippen molar-refractivity contribution in [3.63, 3.8) is 0 Å². The van der Waals surface area contributed by atoms with Gasteiger partial charge in [-0.15, -0.1) is 0 Å². The summed E-state index contributed by atoms with van der Waals surface area (Å²) < 4.78 is 41.3. The molecule has 1 heterocycles. The Kier molecular flexibility index (Phi) is 4.05. The average Bonchev–Trinajstić information content (AvgIpc) is 2.78. The Morgan fingerprint density at radius 1 is 1.45 bits per heavy atom. The zero-order valence-corrected chi connectivity index (χ0v) is 11.7. The van der Waals surface area contributed by atoms with Crippen molar-refractivity contribution in [1.82, 2.24) is 14.5 Å². The molecule has 1 aromatic heterocycles. The molecule has 0 unspecified atom stereocenters. The predicted molar refractivity (Wildman–Crippen MR) is 73.0 cm³/mol. The van der Waals surface area contributed by atoms with Crippen LogP contribution in [0.5, 0.6) is 0 Å². The molecule has 0 saturated heterocycles. The van der Waals surface area contributed by atoms with Gasteiger partial charge < -0.3 is 5.73 Å². The molecule has 0 amide bonds. The largest absolute Gasteiger partial charge is 0.395 e. The van der Waals surface area contributed by atoms with Crippen LogP contribution < -0.4 is 10.5 Å². The molecule has 0 saturated carbocycles. The van der Waals surface area contributed by atoms with E-state index in [1.807, 2.05) is 6.92 Å². The van der Waals surface area contributed by atoms with E-state index in [1.54, 1.807) is 17.1 Å². The summed E-state index contributed by atoms with van der Waals surface area (Å²) in [7, 11) is -3.83. The number of nitrogens with zero attached hydrogens (tertiary/aromatic N) is 2. The summed E-state index contributed by atoms with van der Waals surface area (Å²) in [4.78, 5) is -0.255. The number of aryl methyl sites for hydroxylation is 1. The van der Waals surface area contributed by atoms with Crippen LogP contribution in [-0.4, -0.2) is 24.7 Å². The number of nitrogens with one attached hydrogen (secondary N) is 1. The summed E-state index contributed by atoms with van der Waals surface area (Å²) in [5.74, 6) is -0.754. The standard InChI is InChI=1S/C12H15FN4O2S/c1-9-7-15-17(8-9)6-5-16-20(18,19)11-4-2-3-10(13)12(11)14/h2-4,7-8,16H,5-6,14H2,1H3. The zero-order chi connectivity index (χ0) is 14.8. The molecule has 0 aliphatic carbocycles. The topological polar surface area (TPSA) is 90.0 Å². The van der Waals surface area contributed by atoms with Gasteiger partial charge in [-0.25, -0.2) is 17.5 Å². The van der Waals surface area contributed by atoms with Crippen molar-refractivity contribution < 1.29 is 12.8 Å². The van der Waals surface area contributed by atoms with Crippen LogP contribution in [0.25, 0.3) is 0 Å². The smallest absolute Gasteiger partial charge is 0.242 e. The molecule has 20 heavy (non-hydrogen) atoms. The Morgan fingerprint density at radius 3 is 2.85 bits per heavy atom. The monoisotopic (exact) mass is 298 g/mol. The van der Waals surface area contributed by atoms with Gasteiger partial charge in [-0.1, -0.05) is 6.07 Å². The Hall–Kier alpha value is -1.93. The van der Waals surface area contributed by atoms with Crippen molar-refractivity contribution in [3.05, 3.63) is 42.0 Å². The van der Waals surface area contributed by atoms with Gasteiger partial charge in [-0.3, -0.25) is 4.68 Å². The number of rotatable bonds is 5. The van der Waals surface area contributed by atoms with Gasteiger partial charge in [0.1, 0.15) is 10.7 Å². The second-order valence-electron chi connectivity index (χ2n) is 4.33. The molecular weight excluding hydrogens is 283 g/mol. The minimum atomic E-state index is -3.83. The molecule has 6 nitrogen and oxygen atoms in total. The fourth-order valence-corrected chi connectivity index (χ4v) is 2.87. The first-order valence-corrected chi connectivity index (χ1v) is 7.41. The van der Waals surface area contributed by atoms with Crippen LogP contribution in [0.4, 0.5) is 10.1 Å². The molecule has 0 radical (unpaired) electrons. The Labute approximate surface area is 116 Å². The van der Waals surface area contributed by atoms with Gasteiger partial charge in [-0.2, -0.15) is 5.10 Å². The molecule has 2 aromatic rings. The number of aromatic nitrogens is 2. The SMILES string of the molecule is Cc1cnn(CCNS(=O)(=O)c2cccc(F)c2N)c1. The molecule has 0 fully saturated rings. The van der Waals surface area contributed by atoms with E-state index < -0.39 is 15.8 Å². The van der Waals surface area contributed by atoms with Gasteiger partial charge >= 0.3 is 0 Å². The number of nitrogens with two attached hydrogens (primary N) is 1. The second-order valence-corrected chi connectivity index (χ2v) is 6.07. The van der Waals surface area contributed by atoms with Crippen molar-refractivity contribution in [1.29, 1.82) is 0 Å². The van der Waals surface area contributed by atoms with Crippen LogP contribution in [0.3, 0.4) is 0 Å². The van der Waals surface area contributed by atoms with E-state index in [0.29, 0.717) is 6.54 Å². The van der Waals surface area contributed by atoms with Gasteiger partial charge in [0.15, 0.2) is 0 Å². The lowest BCUT2D eigenvalue weighted by Gasteiger charge is -2.09. The van der Waals surface area contributed by atoms with Crippen molar-refractivity contribution in [2.75, 3.05) is 12.3 Å². The summed E-state index contributed by atoms with van der Waals surface area (Å²) in [5.41, 5.74) is 6.05. The van der Waals surface area contributed by atoms with E-state index in [2.05, 4.69) is 9.82 Å². The van der Waals surface area contributed by atoms with E-state index in [4.69, 9.17) is 5.73 Å². The zero-order valence-electron chi connectivity index (χ0n) is 10.9. The van der Waals surface area contributed by atoms with Crippen LogP contribution in [0.15, 0.2) is 35.5 Å². The molecule has 0 bridgehead atoms. The highest BCUT2D eigenvalue weighted by molar-refractivity contribution is 7.89. The number of hydrogen-bond acceptors (Lipinski definition) is 4. The number of halogens is 1. The van der Waals surface area contributed by atoms with Gasteiger partial charge in [0, 0.05) is 12.7 Å². The lowest BCUT2D eigenvalue weighted by molar-refractivity contribution is 0.559. The summed E-state index contributed by atoms with van der Waals surface area (Å²) in [6.45, 7) is 2.41. The fraction of sp³-hybridized carbons (Fsp3) is 0.250. The number of para-hydroxylation sites is 1. The summed E-state index contributed by atoms with van der Waals surface area (Å²) in [6.07, 6.45) is 3.48. The number of sulfonamides is 1. The van der Waals surface area contributed by atoms with Crippen LogP contribution in [-0.2, 0) is 16.6 Å². The van der Waals surface area contributed by atoms with Gasteiger partial charge in [0.25, 0.3) is 0 Å². The lowest BCUT2D eigenvalue weighted by Crippen LogP contribution is -2.28. The maximum atomic E-state index is 13.3. The van der Waals surface area contributed by atoms with Crippen LogP contribution >= 0.6 is 0 Å². The average molecular weight is 298 g/mol. The van der Waals surface area contributed by atoms with E-state index in [1.165, 1.54) is 12.1 Å². The van der Waals surface area contributed by atoms with E-state index in [-0.39, 0.29) is 17.1 Å². The molecule has 8 heteroatoms. The quantitative estimate of drug-likeness (QED) is 0.802. The maximum Gasteiger partial charge on any atom is 0.242 e. The van der Waals surface area contributed by atoms with Gasteiger partial charge in [0.05, 0.1) is 18.4 Å². The Morgan fingerprint density at radius 2 is 2.20 bits per heavy atom. The highest BCUT2D eigenvalue weighted by atomic mass is 32.2. The Balaban J connectivity index is 2.06. The highest BCUT2D eigenvalue weighted by Gasteiger charge is 2.18. The first-order valence-electron chi connectivity index (χ1n) is 5.93. The summed E-state index contributed by atoms with van der Waals surface area (Å²) >= 11 is 0. The van der Waals surface area contributed by atoms with Crippen molar-refractivity contribution in [3.8, 4) is 0 Å². The van der Waals surface area contributed by atoms with E-state index >= 15 is 0 Å². The maximum absolute atomic E-state index is 13.3. The summed E-state index contributed by atoms with van der Waals surface area (Å²) in [6, 6.07) is 3.68. The van der Waals surface area contributed by atoms with Crippen LogP contribution in [0.2, 0.25) is 0 Å². The van der Waals surface area contributed by atoms with Crippen LogP contribution in [0.1, 0.15) is 5.56 Å². The molecule has 108 valence electrons. The second kappa shape index (κ2) is 5.59. The van der Waals surface area contributed by atoms with Crippen LogP contribution in [0, 0.1) is 12.7 Å². The van der Waals surface area contributed by atoms with Crippen molar-refractivity contribution >= 4 is 15.7 Å². The van der Waals surface area contributed by atoms with E-state index in [0.717, 1.165) is 11.6 Å². The predicted octanol–water partition coefficient (Wildman–Crippen LogP) is 0.891. The molecule has 0 aliphatic rings. The third-order valence-electron chi connectivity index (χ3n) is 2.70. The minimum absolute atomic E-state index is 0.138. The fourth-order valence-electron chi connectivity index (χ4n) is 1.71. The first kappa shape index (κ1) is 14.5. The molecule has 2 rings (SSSR count). The molecule has 0 spiro atoms. The van der Waals surface area contributed by atoms with Crippen molar-refractivity contribution in [2.45, 2.75) is 18.4 Å². The lowest BCUT2D eigenvalue weighted by atomic mass is 10.3. The normalized spacial score (nSPS) is 11.7. The molecule has 0 aliphatic heterocycles. The minimum Gasteiger partial charge on any atom is -0.395 e. The third-order valence-corrected chi connectivity index (χ3v) is 4.22. The molecule has 1 aromatic carbocycles.